The first-order chi connectivity index (χ1) is 13.0. The van der Waals surface area contributed by atoms with E-state index in [2.05, 4.69) is 4.98 Å². The number of benzene rings is 1. The van der Waals surface area contributed by atoms with Crippen LogP contribution in [0.5, 0.6) is 0 Å². The molecule has 1 aromatic carbocycles. The molecular weight excluding hydrogens is 414 g/mol. The molecule has 1 fully saturated rings. The molecule has 0 atom stereocenters. The van der Waals surface area contributed by atoms with E-state index in [1.165, 1.54) is 10.5 Å². The number of aromatic nitrogens is 2. The molecule has 0 spiro atoms. The molecule has 0 saturated carbocycles. The van der Waals surface area contributed by atoms with E-state index >= 15 is 0 Å². The molecule has 8 nitrogen and oxygen atoms in total. The number of imidazole rings is 1. The molecule has 0 amide bonds. The van der Waals surface area contributed by atoms with E-state index in [1.54, 1.807) is 18.5 Å². The standard InChI is InChI=1S/C16H20F2N4O4S2/c1-12-19-16(11-20(12)2)28(25,26)22-7-3-6-21(8-9-22)27(23,24)15-5-4-13(17)10-14(15)18/h4-5,10-11H,3,6-9H2,1-2H3. The highest BCUT2D eigenvalue weighted by Gasteiger charge is 2.34. The maximum absolute atomic E-state index is 14.0. The van der Waals surface area contributed by atoms with Crippen molar-refractivity contribution in [2.45, 2.75) is 23.3 Å². The number of sulfonamides is 2. The molecule has 0 radical (unpaired) electrons. The molecule has 1 aliphatic heterocycles. The molecular formula is C16H20F2N4O4S2. The van der Waals surface area contributed by atoms with Gasteiger partial charge in [-0.1, -0.05) is 0 Å². The highest BCUT2D eigenvalue weighted by molar-refractivity contribution is 7.89. The van der Waals surface area contributed by atoms with Gasteiger partial charge in [-0.05, 0) is 25.5 Å². The molecule has 0 unspecified atom stereocenters. The zero-order chi connectivity index (χ0) is 20.7. The second-order valence-corrected chi connectivity index (χ2v) is 10.3. The number of hydrogen-bond donors (Lipinski definition) is 0. The molecule has 3 rings (SSSR count). The van der Waals surface area contributed by atoms with Gasteiger partial charge in [-0.3, -0.25) is 0 Å². The number of hydrogen-bond acceptors (Lipinski definition) is 5. The van der Waals surface area contributed by atoms with E-state index in [1.807, 2.05) is 0 Å². The Bertz CT molecular complexity index is 1080. The fraction of sp³-hybridized carbons (Fsp3) is 0.438. The maximum atomic E-state index is 14.0. The first kappa shape index (κ1) is 20.8. The Balaban J connectivity index is 1.83. The summed E-state index contributed by atoms with van der Waals surface area (Å²) in [5.41, 5.74) is 0. The van der Waals surface area contributed by atoms with Crippen molar-refractivity contribution in [1.29, 1.82) is 0 Å². The van der Waals surface area contributed by atoms with E-state index < -0.39 is 36.6 Å². The van der Waals surface area contributed by atoms with Gasteiger partial charge in [0.25, 0.3) is 10.0 Å². The minimum Gasteiger partial charge on any atom is -0.337 e. The Morgan fingerprint density at radius 2 is 1.57 bits per heavy atom. The van der Waals surface area contributed by atoms with E-state index in [4.69, 9.17) is 0 Å². The van der Waals surface area contributed by atoms with E-state index in [-0.39, 0.29) is 37.6 Å². The van der Waals surface area contributed by atoms with Gasteiger partial charge in [0.2, 0.25) is 10.0 Å². The lowest BCUT2D eigenvalue weighted by Crippen LogP contribution is -2.37. The Kier molecular flexibility index (Phi) is 5.58. The molecule has 1 aliphatic rings. The zero-order valence-corrected chi connectivity index (χ0v) is 17.0. The maximum Gasteiger partial charge on any atom is 0.262 e. The van der Waals surface area contributed by atoms with Crippen molar-refractivity contribution in [3.8, 4) is 0 Å². The zero-order valence-electron chi connectivity index (χ0n) is 15.3. The third-order valence-electron chi connectivity index (χ3n) is 4.62. The van der Waals surface area contributed by atoms with Crippen LogP contribution in [0.25, 0.3) is 0 Å². The smallest absolute Gasteiger partial charge is 0.262 e. The third-order valence-corrected chi connectivity index (χ3v) is 8.32. The van der Waals surface area contributed by atoms with Crippen molar-refractivity contribution in [3.05, 3.63) is 41.9 Å². The van der Waals surface area contributed by atoms with Gasteiger partial charge < -0.3 is 4.57 Å². The summed E-state index contributed by atoms with van der Waals surface area (Å²) in [6.07, 6.45) is 1.63. The van der Waals surface area contributed by atoms with Crippen LogP contribution in [0.3, 0.4) is 0 Å². The fourth-order valence-corrected chi connectivity index (χ4v) is 5.97. The number of rotatable bonds is 4. The van der Waals surface area contributed by atoms with Crippen LogP contribution in [0.15, 0.2) is 34.3 Å². The minimum atomic E-state index is -4.22. The average Bonchev–Trinajstić information content (AvgIpc) is 2.82. The Morgan fingerprint density at radius 1 is 0.964 bits per heavy atom. The second-order valence-electron chi connectivity index (χ2n) is 6.47. The van der Waals surface area contributed by atoms with Gasteiger partial charge in [-0.15, -0.1) is 0 Å². The van der Waals surface area contributed by atoms with Crippen LogP contribution < -0.4 is 0 Å². The lowest BCUT2D eigenvalue weighted by Gasteiger charge is -2.21. The van der Waals surface area contributed by atoms with Crippen LogP contribution in [0.1, 0.15) is 12.2 Å². The summed E-state index contributed by atoms with van der Waals surface area (Å²) in [4.78, 5) is 3.41. The molecule has 0 bridgehead atoms. The van der Waals surface area contributed by atoms with E-state index in [9.17, 15) is 25.6 Å². The first-order valence-corrected chi connectivity index (χ1v) is 11.4. The topological polar surface area (TPSA) is 92.6 Å². The largest absolute Gasteiger partial charge is 0.337 e. The number of nitrogens with zero attached hydrogens (tertiary/aromatic N) is 4. The fourth-order valence-electron chi connectivity index (χ4n) is 2.96. The molecule has 154 valence electrons. The second kappa shape index (κ2) is 7.50. The molecule has 28 heavy (non-hydrogen) atoms. The SMILES string of the molecule is Cc1nc(S(=O)(=O)N2CCCN(S(=O)(=O)c3ccc(F)cc3F)CC2)cn1C. The van der Waals surface area contributed by atoms with Gasteiger partial charge in [-0.25, -0.2) is 30.6 Å². The Morgan fingerprint density at radius 3 is 2.11 bits per heavy atom. The number of aryl methyl sites for hydroxylation is 2. The van der Waals surface area contributed by atoms with Crippen LogP contribution >= 0.6 is 0 Å². The van der Waals surface area contributed by atoms with Gasteiger partial charge in [-0.2, -0.15) is 8.61 Å². The van der Waals surface area contributed by atoms with E-state index in [0.717, 1.165) is 16.4 Å². The van der Waals surface area contributed by atoms with Gasteiger partial charge in [0.05, 0.1) is 0 Å². The van der Waals surface area contributed by atoms with Gasteiger partial charge in [0.1, 0.15) is 22.4 Å². The summed E-state index contributed by atoms with van der Waals surface area (Å²) in [5, 5.41) is -0.103. The highest BCUT2D eigenvalue weighted by atomic mass is 32.2. The number of halogens is 2. The summed E-state index contributed by atoms with van der Waals surface area (Å²) in [5.74, 6) is -1.53. The molecule has 0 aliphatic carbocycles. The average molecular weight is 434 g/mol. The van der Waals surface area contributed by atoms with Crippen LogP contribution in [0, 0.1) is 18.6 Å². The molecule has 2 aromatic rings. The van der Waals surface area contributed by atoms with Crippen molar-refractivity contribution in [2.75, 3.05) is 26.2 Å². The van der Waals surface area contributed by atoms with Crippen LogP contribution in [0.4, 0.5) is 8.78 Å². The van der Waals surface area contributed by atoms with Gasteiger partial charge in [0.15, 0.2) is 5.03 Å². The molecule has 1 saturated heterocycles. The third kappa shape index (κ3) is 3.81. The molecule has 12 heteroatoms. The van der Waals surface area contributed by atoms with Crippen molar-refractivity contribution in [1.82, 2.24) is 18.2 Å². The summed E-state index contributed by atoms with van der Waals surface area (Å²) in [6.45, 7) is 1.56. The van der Waals surface area contributed by atoms with Gasteiger partial charge >= 0.3 is 0 Å². The summed E-state index contributed by atoms with van der Waals surface area (Å²) >= 11 is 0. The quantitative estimate of drug-likeness (QED) is 0.718. The normalized spacial score (nSPS) is 17.6. The summed E-state index contributed by atoms with van der Waals surface area (Å²) in [7, 11) is -6.42. The molecule has 2 heterocycles. The summed E-state index contributed by atoms with van der Waals surface area (Å²) < 4.78 is 81.9. The van der Waals surface area contributed by atoms with Crippen molar-refractivity contribution >= 4 is 20.0 Å². The summed E-state index contributed by atoms with van der Waals surface area (Å²) in [6, 6.07) is 2.24. The van der Waals surface area contributed by atoms with Crippen molar-refractivity contribution in [3.63, 3.8) is 0 Å². The van der Waals surface area contributed by atoms with Crippen LogP contribution in [0.2, 0.25) is 0 Å². The Hall–Kier alpha value is -1.89. The highest BCUT2D eigenvalue weighted by Crippen LogP contribution is 2.23. The predicted molar refractivity (Wildman–Crippen MR) is 96.4 cm³/mol. The first-order valence-electron chi connectivity index (χ1n) is 8.49. The molecule has 1 aromatic heterocycles. The minimum absolute atomic E-state index is 0.0203. The van der Waals surface area contributed by atoms with Crippen LogP contribution in [-0.2, 0) is 27.1 Å². The molecule has 0 N–H and O–H groups in total. The van der Waals surface area contributed by atoms with Crippen molar-refractivity contribution in [2.24, 2.45) is 7.05 Å². The lowest BCUT2D eigenvalue weighted by molar-refractivity contribution is 0.401. The van der Waals surface area contributed by atoms with E-state index in [0.29, 0.717) is 11.9 Å². The predicted octanol–water partition coefficient (Wildman–Crippen LogP) is 1.09. The van der Waals surface area contributed by atoms with Gasteiger partial charge in [0, 0.05) is 45.5 Å². The van der Waals surface area contributed by atoms with Crippen LogP contribution in [-0.4, -0.2) is 61.2 Å². The van der Waals surface area contributed by atoms with Crippen molar-refractivity contribution < 1.29 is 25.6 Å². The Labute approximate surface area is 162 Å². The monoisotopic (exact) mass is 434 g/mol. The lowest BCUT2D eigenvalue weighted by atomic mass is 10.3.